The number of anilines is 1. The smallest absolute Gasteiger partial charge is 0.260 e. The van der Waals surface area contributed by atoms with Crippen LogP contribution in [0.15, 0.2) is 42.5 Å². The van der Waals surface area contributed by atoms with Gasteiger partial charge in [-0.15, -0.1) is 12.4 Å². The summed E-state index contributed by atoms with van der Waals surface area (Å²) in [7, 11) is 0. The molecule has 0 unspecified atom stereocenters. The fourth-order valence-electron chi connectivity index (χ4n) is 3.57. The van der Waals surface area contributed by atoms with E-state index in [2.05, 4.69) is 17.9 Å². The van der Waals surface area contributed by atoms with Crippen LogP contribution in [0.3, 0.4) is 0 Å². The van der Waals surface area contributed by atoms with E-state index in [-0.39, 0.29) is 18.3 Å². The Kier molecular flexibility index (Phi) is 7.83. The molecule has 1 fully saturated rings. The van der Waals surface area contributed by atoms with Crippen LogP contribution in [-0.4, -0.2) is 55.2 Å². The van der Waals surface area contributed by atoms with Crippen LogP contribution in [-0.2, 0) is 4.74 Å². The molecule has 5 nitrogen and oxygen atoms in total. The van der Waals surface area contributed by atoms with Crippen molar-refractivity contribution in [3.63, 3.8) is 0 Å². The molecular formula is C23H28ClN3O2S. The molecule has 0 saturated carbocycles. The van der Waals surface area contributed by atoms with Gasteiger partial charge in [-0.1, -0.05) is 29.5 Å². The molecule has 0 aliphatic carbocycles. The van der Waals surface area contributed by atoms with E-state index in [4.69, 9.17) is 9.72 Å². The average molecular weight is 446 g/mol. The molecule has 1 aliphatic heterocycles. The van der Waals surface area contributed by atoms with E-state index < -0.39 is 0 Å². The number of amides is 1. The topological polar surface area (TPSA) is 45.7 Å². The minimum absolute atomic E-state index is 0. The number of benzene rings is 2. The lowest BCUT2D eigenvalue weighted by Crippen LogP contribution is -2.39. The van der Waals surface area contributed by atoms with Crippen molar-refractivity contribution >= 4 is 45.0 Å². The van der Waals surface area contributed by atoms with Crippen molar-refractivity contribution in [3.8, 4) is 0 Å². The molecule has 0 spiro atoms. The van der Waals surface area contributed by atoms with E-state index in [1.807, 2.05) is 48.2 Å². The standard InChI is InChI=1S/C23H27N3O2S.ClH/c1-17-8-9-19(16-18(17)2)22(27)26(11-5-10-25-12-14-28-15-13-25)23-24-20-6-3-4-7-21(20)29-23;/h3-4,6-9,16H,5,10-15H2,1-2H3;1H. The lowest BCUT2D eigenvalue weighted by Gasteiger charge is -2.27. The number of rotatable bonds is 6. The Morgan fingerprint density at radius 3 is 2.63 bits per heavy atom. The number of carbonyl (C=O) groups excluding carboxylic acids is 1. The van der Waals surface area contributed by atoms with Crippen LogP contribution in [0.25, 0.3) is 10.2 Å². The van der Waals surface area contributed by atoms with Crippen LogP contribution in [0.5, 0.6) is 0 Å². The van der Waals surface area contributed by atoms with E-state index in [1.54, 1.807) is 11.3 Å². The number of aryl methyl sites for hydroxylation is 2. The minimum atomic E-state index is 0. The molecule has 1 saturated heterocycles. The summed E-state index contributed by atoms with van der Waals surface area (Å²) < 4.78 is 6.54. The Morgan fingerprint density at radius 1 is 1.13 bits per heavy atom. The molecule has 2 heterocycles. The minimum Gasteiger partial charge on any atom is -0.379 e. The number of para-hydroxylation sites is 1. The van der Waals surface area contributed by atoms with Crippen molar-refractivity contribution in [2.45, 2.75) is 20.3 Å². The normalized spacial score (nSPS) is 14.5. The van der Waals surface area contributed by atoms with Gasteiger partial charge in [-0.3, -0.25) is 14.6 Å². The number of hydrogen-bond acceptors (Lipinski definition) is 5. The monoisotopic (exact) mass is 445 g/mol. The zero-order valence-electron chi connectivity index (χ0n) is 17.5. The summed E-state index contributed by atoms with van der Waals surface area (Å²) in [5.74, 6) is 0.0223. The molecule has 7 heteroatoms. The number of morpholine rings is 1. The number of thiazole rings is 1. The molecule has 30 heavy (non-hydrogen) atoms. The van der Waals surface area contributed by atoms with Crippen LogP contribution >= 0.6 is 23.7 Å². The van der Waals surface area contributed by atoms with E-state index in [0.29, 0.717) is 6.54 Å². The van der Waals surface area contributed by atoms with Gasteiger partial charge in [0.05, 0.1) is 23.4 Å². The summed E-state index contributed by atoms with van der Waals surface area (Å²) in [6.07, 6.45) is 0.909. The molecule has 1 aliphatic rings. The van der Waals surface area contributed by atoms with E-state index in [1.165, 1.54) is 5.56 Å². The first-order chi connectivity index (χ1) is 14.1. The molecule has 4 rings (SSSR count). The lowest BCUT2D eigenvalue weighted by molar-refractivity contribution is 0.0376. The molecule has 1 amide bonds. The second-order valence-corrected chi connectivity index (χ2v) is 8.54. The van der Waals surface area contributed by atoms with Gasteiger partial charge < -0.3 is 4.74 Å². The molecule has 160 valence electrons. The van der Waals surface area contributed by atoms with Crippen molar-refractivity contribution in [1.29, 1.82) is 0 Å². The predicted molar refractivity (Wildman–Crippen MR) is 126 cm³/mol. The van der Waals surface area contributed by atoms with E-state index >= 15 is 0 Å². The lowest BCUT2D eigenvalue weighted by atomic mass is 10.1. The van der Waals surface area contributed by atoms with Crippen molar-refractivity contribution in [3.05, 3.63) is 59.2 Å². The zero-order valence-corrected chi connectivity index (χ0v) is 19.1. The summed E-state index contributed by atoms with van der Waals surface area (Å²) in [5, 5.41) is 0.774. The van der Waals surface area contributed by atoms with Crippen molar-refractivity contribution in [2.24, 2.45) is 0 Å². The third kappa shape index (κ3) is 5.19. The Balaban J connectivity index is 0.00000256. The van der Waals surface area contributed by atoms with Crippen molar-refractivity contribution < 1.29 is 9.53 Å². The summed E-state index contributed by atoms with van der Waals surface area (Å²) in [6, 6.07) is 14.0. The maximum Gasteiger partial charge on any atom is 0.260 e. The Morgan fingerprint density at radius 2 is 1.90 bits per heavy atom. The first kappa shape index (κ1) is 22.7. The Labute approximate surface area is 188 Å². The van der Waals surface area contributed by atoms with Crippen LogP contribution < -0.4 is 4.90 Å². The highest BCUT2D eigenvalue weighted by Gasteiger charge is 2.22. The number of hydrogen-bond donors (Lipinski definition) is 0. The van der Waals surface area contributed by atoms with Gasteiger partial charge in [-0.25, -0.2) is 4.98 Å². The first-order valence-electron chi connectivity index (χ1n) is 10.2. The summed E-state index contributed by atoms with van der Waals surface area (Å²) in [6.45, 7) is 9.25. The predicted octanol–water partition coefficient (Wildman–Crippen LogP) is 4.70. The van der Waals surface area contributed by atoms with Gasteiger partial charge in [0.15, 0.2) is 5.13 Å². The second kappa shape index (κ2) is 10.4. The van der Waals surface area contributed by atoms with Crippen molar-refractivity contribution in [2.75, 3.05) is 44.3 Å². The largest absolute Gasteiger partial charge is 0.379 e. The van der Waals surface area contributed by atoms with Gasteiger partial charge in [0.1, 0.15) is 0 Å². The molecule has 1 aromatic heterocycles. The Bertz CT molecular complexity index is 968. The fraction of sp³-hybridized carbons (Fsp3) is 0.391. The van der Waals surface area contributed by atoms with Gasteiger partial charge in [0, 0.05) is 31.7 Å². The molecule has 0 radical (unpaired) electrons. The van der Waals surface area contributed by atoms with Gasteiger partial charge in [0.2, 0.25) is 0 Å². The van der Waals surface area contributed by atoms with Crippen LogP contribution in [0, 0.1) is 13.8 Å². The molecular weight excluding hydrogens is 418 g/mol. The highest BCUT2D eigenvalue weighted by molar-refractivity contribution is 7.22. The zero-order chi connectivity index (χ0) is 20.2. The summed E-state index contributed by atoms with van der Waals surface area (Å²) in [5.41, 5.74) is 3.99. The number of carbonyl (C=O) groups is 1. The summed E-state index contributed by atoms with van der Waals surface area (Å²) >= 11 is 1.58. The molecule has 0 atom stereocenters. The fourth-order valence-corrected chi connectivity index (χ4v) is 4.56. The molecule has 0 bridgehead atoms. The first-order valence-corrected chi connectivity index (χ1v) is 11.0. The number of aromatic nitrogens is 1. The van der Waals surface area contributed by atoms with E-state index in [9.17, 15) is 4.79 Å². The molecule has 3 aromatic rings. The summed E-state index contributed by atoms with van der Waals surface area (Å²) in [4.78, 5) is 22.4. The van der Waals surface area contributed by atoms with Crippen molar-refractivity contribution in [1.82, 2.24) is 9.88 Å². The van der Waals surface area contributed by atoms with E-state index in [0.717, 1.165) is 65.7 Å². The third-order valence-electron chi connectivity index (χ3n) is 5.47. The third-order valence-corrected chi connectivity index (χ3v) is 6.53. The number of ether oxygens (including phenoxy) is 1. The van der Waals surface area contributed by atoms with Gasteiger partial charge >= 0.3 is 0 Å². The number of halogens is 1. The van der Waals surface area contributed by atoms with Gasteiger partial charge in [-0.2, -0.15) is 0 Å². The van der Waals surface area contributed by atoms with Crippen LogP contribution in [0.1, 0.15) is 27.9 Å². The second-order valence-electron chi connectivity index (χ2n) is 7.53. The number of fused-ring (bicyclic) bond motifs is 1. The Hall–Kier alpha value is -1.99. The number of nitrogens with zero attached hydrogens (tertiary/aromatic N) is 3. The van der Waals surface area contributed by atoms with Crippen LogP contribution in [0.4, 0.5) is 5.13 Å². The average Bonchev–Trinajstić information content (AvgIpc) is 3.17. The maximum absolute atomic E-state index is 13.4. The maximum atomic E-state index is 13.4. The SMILES string of the molecule is Cc1ccc(C(=O)N(CCCN2CCOCC2)c2nc3ccccc3s2)cc1C.Cl. The van der Waals surface area contributed by atoms with Gasteiger partial charge in [-0.05, 0) is 55.7 Å². The van der Waals surface area contributed by atoms with Crippen LogP contribution in [0.2, 0.25) is 0 Å². The van der Waals surface area contributed by atoms with Gasteiger partial charge in [0.25, 0.3) is 5.91 Å². The molecule has 2 aromatic carbocycles. The quantitative estimate of drug-likeness (QED) is 0.551. The highest BCUT2D eigenvalue weighted by atomic mass is 35.5. The molecule has 0 N–H and O–H groups in total. The highest BCUT2D eigenvalue weighted by Crippen LogP contribution is 2.30.